The maximum absolute atomic E-state index is 6.17. The Morgan fingerprint density at radius 2 is 1.88 bits per heavy atom. The van der Waals surface area contributed by atoms with Gasteiger partial charge in [0, 0.05) is 18.8 Å². The molecule has 1 aromatic heterocycles. The van der Waals surface area contributed by atoms with Gasteiger partial charge in [0.1, 0.15) is 6.61 Å². The first-order valence-corrected chi connectivity index (χ1v) is 12.7. The average molecular weight is 370 g/mol. The van der Waals surface area contributed by atoms with Gasteiger partial charge in [-0.25, -0.2) is 9.98 Å². The van der Waals surface area contributed by atoms with Crippen LogP contribution in [0, 0.1) is 13.8 Å². The van der Waals surface area contributed by atoms with Gasteiger partial charge in [0.2, 0.25) is 5.88 Å². The summed E-state index contributed by atoms with van der Waals surface area (Å²) in [5, 5.41) is 1.21. The van der Waals surface area contributed by atoms with Crippen molar-refractivity contribution in [1.82, 2.24) is 9.88 Å². The van der Waals surface area contributed by atoms with E-state index < -0.39 is 8.07 Å². The lowest BCUT2D eigenvalue weighted by Crippen LogP contribution is -2.39. The van der Waals surface area contributed by atoms with Crippen molar-refractivity contribution in [3.05, 3.63) is 47.2 Å². The Kier molecular flexibility index (Phi) is 6.59. The average Bonchev–Trinajstić information content (AvgIpc) is 2.58. The molecule has 0 radical (unpaired) electrons. The van der Waals surface area contributed by atoms with Crippen LogP contribution < -0.4 is 9.92 Å². The molecule has 2 aromatic rings. The summed E-state index contributed by atoms with van der Waals surface area (Å²) >= 11 is 0. The Balaban J connectivity index is 2.35. The third-order valence-corrected chi connectivity index (χ3v) is 6.45. The number of aryl methyl sites for hydroxylation is 2. The number of aromatic nitrogens is 1. The number of benzene rings is 1. The Hall–Kier alpha value is -2.14. The predicted octanol–water partition coefficient (Wildman–Crippen LogP) is 4.43. The lowest BCUT2D eigenvalue weighted by molar-refractivity contribution is 0.295. The number of pyridine rings is 1. The minimum Gasteiger partial charge on any atom is -0.473 e. The van der Waals surface area contributed by atoms with Gasteiger partial charge in [0.05, 0.1) is 25.8 Å². The van der Waals surface area contributed by atoms with E-state index in [9.17, 15) is 0 Å². The summed E-state index contributed by atoms with van der Waals surface area (Å²) in [4.78, 5) is 11.4. The van der Waals surface area contributed by atoms with Gasteiger partial charge in [0.15, 0.2) is 0 Å². The van der Waals surface area contributed by atoms with Crippen molar-refractivity contribution in [2.45, 2.75) is 47.0 Å². The highest BCUT2D eigenvalue weighted by Gasteiger charge is 2.24. The van der Waals surface area contributed by atoms with Gasteiger partial charge in [0.25, 0.3) is 0 Å². The van der Waals surface area contributed by atoms with Gasteiger partial charge in [-0.3, -0.25) is 0 Å². The van der Waals surface area contributed by atoms with E-state index in [2.05, 4.69) is 67.6 Å². The SMILES string of the molecule is CCN(C)C=Nc1cc([Si](C)(C)C)c(OCc2ccccc2C)nc1C. The number of aliphatic imine (C=N–C) groups is 1. The van der Waals surface area contributed by atoms with E-state index in [1.807, 2.05) is 26.4 Å². The molecule has 0 aliphatic carbocycles. The first kappa shape index (κ1) is 20.2. The van der Waals surface area contributed by atoms with E-state index in [0.29, 0.717) is 6.61 Å². The van der Waals surface area contributed by atoms with Gasteiger partial charge in [-0.15, -0.1) is 0 Å². The molecule has 26 heavy (non-hydrogen) atoms. The molecular weight excluding hydrogens is 338 g/mol. The molecule has 0 unspecified atom stereocenters. The maximum atomic E-state index is 6.17. The van der Waals surface area contributed by atoms with Crippen LogP contribution in [0.5, 0.6) is 5.88 Å². The van der Waals surface area contributed by atoms with Crippen molar-refractivity contribution >= 4 is 25.3 Å². The Morgan fingerprint density at radius 1 is 1.19 bits per heavy atom. The first-order chi connectivity index (χ1) is 12.2. The number of hydrogen-bond donors (Lipinski definition) is 0. The normalized spacial score (nSPS) is 11.8. The van der Waals surface area contributed by atoms with Crippen LogP contribution in [0.1, 0.15) is 23.7 Å². The van der Waals surface area contributed by atoms with Crippen molar-refractivity contribution in [3.63, 3.8) is 0 Å². The molecule has 0 saturated carbocycles. The second-order valence-electron chi connectivity index (χ2n) is 7.73. The minimum absolute atomic E-state index is 0.539. The van der Waals surface area contributed by atoms with Crippen LogP contribution in [0.2, 0.25) is 19.6 Å². The van der Waals surface area contributed by atoms with Crippen LogP contribution in [0.15, 0.2) is 35.3 Å². The number of hydrogen-bond acceptors (Lipinski definition) is 3. The van der Waals surface area contributed by atoms with Crippen molar-refractivity contribution in [2.75, 3.05) is 13.6 Å². The highest BCUT2D eigenvalue weighted by molar-refractivity contribution is 6.89. The minimum atomic E-state index is -1.62. The van der Waals surface area contributed by atoms with Crippen LogP contribution in [-0.2, 0) is 6.61 Å². The molecule has 4 nitrogen and oxygen atoms in total. The molecule has 0 atom stereocenters. The van der Waals surface area contributed by atoms with Crippen LogP contribution in [-0.4, -0.2) is 37.9 Å². The van der Waals surface area contributed by atoms with Gasteiger partial charge >= 0.3 is 0 Å². The number of rotatable bonds is 7. The molecule has 0 spiro atoms. The van der Waals surface area contributed by atoms with Crippen molar-refractivity contribution in [2.24, 2.45) is 4.99 Å². The summed E-state index contributed by atoms with van der Waals surface area (Å²) in [5.74, 6) is 0.757. The molecule has 0 amide bonds. The molecular formula is C21H31N3OSi. The number of nitrogens with zero attached hydrogens (tertiary/aromatic N) is 3. The zero-order valence-electron chi connectivity index (χ0n) is 17.1. The van der Waals surface area contributed by atoms with E-state index in [4.69, 9.17) is 9.72 Å². The van der Waals surface area contributed by atoms with E-state index in [1.54, 1.807) is 0 Å². The third-order valence-electron chi connectivity index (χ3n) is 4.48. The summed E-state index contributed by atoms with van der Waals surface area (Å²) in [7, 11) is 0.396. The fraction of sp³-hybridized carbons (Fsp3) is 0.429. The summed E-state index contributed by atoms with van der Waals surface area (Å²) in [5.41, 5.74) is 4.25. The van der Waals surface area contributed by atoms with Crippen LogP contribution in [0.25, 0.3) is 0 Å². The third kappa shape index (κ3) is 5.18. The molecule has 140 valence electrons. The fourth-order valence-corrected chi connectivity index (χ4v) is 3.85. The quantitative estimate of drug-likeness (QED) is 0.411. The summed E-state index contributed by atoms with van der Waals surface area (Å²) in [6.07, 6.45) is 1.87. The highest BCUT2D eigenvalue weighted by atomic mass is 28.3. The fourth-order valence-electron chi connectivity index (χ4n) is 2.51. The van der Waals surface area contributed by atoms with Crippen LogP contribution >= 0.6 is 0 Å². The van der Waals surface area contributed by atoms with Crippen molar-refractivity contribution in [3.8, 4) is 5.88 Å². The summed E-state index contributed by atoms with van der Waals surface area (Å²) in [6, 6.07) is 10.5. The van der Waals surface area contributed by atoms with Crippen LogP contribution in [0.3, 0.4) is 0 Å². The second-order valence-corrected chi connectivity index (χ2v) is 12.8. The number of ether oxygens (including phenoxy) is 1. The molecule has 0 N–H and O–H groups in total. The predicted molar refractivity (Wildman–Crippen MR) is 114 cm³/mol. The second kappa shape index (κ2) is 8.49. The monoisotopic (exact) mass is 369 g/mol. The van der Waals surface area contributed by atoms with Gasteiger partial charge in [-0.05, 0) is 38.0 Å². The smallest absolute Gasteiger partial charge is 0.213 e. The molecule has 0 saturated heterocycles. The van der Waals surface area contributed by atoms with E-state index >= 15 is 0 Å². The standard InChI is InChI=1S/C21H31N3OSi/c1-8-24(4)15-22-19-13-20(26(5,6)7)21(23-17(19)3)25-14-18-12-10-9-11-16(18)2/h9-13,15H,8,14H2,1-7H3. The zero-order valence-corrected chi connectivity index (χ0v) is 18.1. The molecule has 5 heteroatoms. The summed E-state index contributed by atoms with van der Waals surface area (Å²) < 4.78 is 6.17. The van der Waals surface area contributed by atoms with E-state index in [1.165, 1.54) is 16.3 Å². The van der Waals surface area contributed by atoms with Crippen molar-refractivity contribution < 1.29 is 4.74 Å². The van der Waals surface area contributed by atoms with Gasteiger partial charge in [-0.1, -0.05) is 43.9 Å². The molecule has 0 aliphatic heterocycles. The molecule has 2 rings (SSSR count). The van der Waals surface area contributed by atoms with Crippen molar-refractivity contribution in [1.29, 1.82) is 0 Å². The lowest BCUT2D eigenvalue weighted by Gasteiger charge is -2.22. The largest absolute Gasteiger partial charge is 0.473 e. The van der Waals surface area contributed by atoms with E-state index in [0.717, 1.165) is 23.8 Å². The highest BCUT2D eigenvalue weighted by Crippen LogP contribution is 2.23. The topological polar surface area (TPSA) is 37.7 Å². The van der Waals surface area contributed by atoms with Crippen LogP contribution in [0.4, 0.5) is 5.69 Å². The molecule has 1 aromatic carbocycles. The Morgan fingerprint density at radius 3 is 2.50 bits per heavy atom. The lowest BCUT2D eigenvalue weighted by atomic mass is 10.1. The Labute approximate surface area is 159 Å². The zero-order chi connectivity index (χ0) is 19.3. The first-order valence-electron chi connectivity index (χ1n) is 9.16. The molecule has 0 fully saturated rings. The Bertz CT molecular complexity index is 781. The molecule has 0 aliphatic rings. The molecule has 1 heterocycles. The summed E-state index contributed by atoms with van der Waals surface area (Å²) in [6.45, 7) is 14.6. The van der Waals surface area contributed by atoms with Gasteiger partial charge in [-0.2, -0.15) is 0 Å². The maximum Gasteiger partial charge on any atom is 0.213 e. The van der Waals surface area contributed by atoms with Gasteiger partial charge < -0.3 is 9.64 Å². The molecule has 0 bridgehead atoms. The van der Waals surface area contributed by atoms with E-state index in [-0.39, 0.29) is 0 Å².